The minimum atomic E-state index is 0.355. The highest BCUT2D eigenvalue weighted by atomic mass is 15.0. The van der Waals surface area contributed by atoms with Gasteiger partial charge in [0, 0.05) is 5.39 Å². The van der Waals surface area contributed by atoms with E-state index in [1.54, 1.807) is 0 Å². The summed E-state index contributed by atoms with van der Waals surface area (Å²) in [5, 5.41) is 4.83. The zero-order valence-electron chi connectivity index (χ0n) is 14.5. The van der Waals surface area contributed by atoms with E-state index in [1.807, 2.05) is 6.07 Å². The van der Waals surface area contributed by atoms with E-state index in [0.29, 0.717) is 6.04 Å². The summed E-state index contributed by atoms with van der Waals surface area (Å²) >= 11 is 0. The highest BCUT2D eigenvalue weighted by Gasteiger charge is 2.22. The van der Waals surface area contributed by atoms with Crippen molar-refractivity contribution in [3.05, 3.63) is 96.1 Å². The van der Waals surface area contributed by atoms with Gasteiger partial charge in [-0.15, -0.1) is 0 Å². The summed E-state index contributed by atoms with van der Waals surface area (Å²) < 4.78 is 0. The van der Waals surface area contributed by atoms with Crippen molar-refractivity contribution in [2.75, 3.05) is 5.32 Å². The van der Waals surface area contributed by atoms with Crippen LogP contribution in [0, 0.1) is 0 Å². The summed E-state index contributed by atoms with van der Waals surface area (Å²) in [5.41, 5.74) is 6.35. The third kappa shape index (κ3) is 2.64. The van der Waals surface area contributed by atoms with Crippen molar-refractivity contribution in [1.29, 1.82) is 0 Å². The molecular formula is C24H20N2. The van der Waals surface area contributed by atoms with Crippen molar-refractivity contribution in [3.8, 4) is 11.1 Å². The van der Waals surface area contributed by atoms with Gasteiger partial charge in [0.15, 0.2) is 0 Å². The first-order chi connectivity index (χ1) is 12.9. The Hall–Kier alpha value is -3.13. The number of benzene rings is 3. The predicted molar refractivity (Wildman–Crippen MR) is 108 cm³/mol. The highest BCUT2D eigenvalue weighted by molar-refractivity contribution is 5.95. The molecule has 1 aliphatic carbocycles. The monoisotopic (exact) mass is 336 g/mol. The standard InChI is InChI=1S/C24H20N2/c1-2-7-17(8-3-1)19-11-6-12-22-21(19)14-16-24(25-22)26-23-15-13-18-9-4-5-10-20(18)23/h1-12,14,16,23H,13,15H2,(H,25,26)/t23-/m1/s1. The molecule has 0 fully saturated rings. The number of hydrogen-bond donors (Lipinski definition) is 1. The van der Waals surface area contributed by atoms with Gasteiger partial charge in [-0.1, -0.05) is 66.7 Å². The Morgan fingerprint density at radius 1 is 0.769 bits per heavy atom. The molecule has 1 N–H and O–H groups in total. The first-order valence-electron chi connectivity index (χ1n) is 9.18. The Bertz CT molecular complexity index is 1070. The number of nitrogens with one attached hydrogen (secondary N) is 1. The molecular weight excluding hydrogens is 316 g/mol. The first kappa shape index (κ1) is 15.2. The van der Waals surface area contributed by atoms with Crippen LogP contribution in [0.5, 0.6) is 0 Å². The molecule has 0 aliphatic heterocycles. The number of nitrogens with zero attached hydrogens (tertiary/aromatic N) is 1. The average molecular weight is 336 g/mol. The fourth-order valence-corrected chi connectivity index (χ4v) is 3.99. The van der Waals surface area contributed by atoms with Crippen LogP contribution in [0.4, 0.5) is 5.82 Å². The molecule has 4 aromatic rings. The molecule has 0 saturated carbocycles. The number of pyridine rings is 1. The summed E-state index contributed by atoms with van der Waals surface area (Å²) in [4.78, 5) is 4.89. The molecule has 2 nitrogen and oxygen atoms in total. The smallest absolute Gasteiger partial charge is 0.127 e. The predicted octanol–water partition coefficient (Wildman–Crippen LogP) is 6.00. The van der Waals surface area contributed by atoms with Gasteiger partial charge in [-0.25, -0.2) is 4.98 Å². The lowest BCUT2D eigenvalue weighted by atomic mass is 10.0. The minimum Gasteiger partial charge on any atom is -0.363 e. The summed E-state index contributed by atoms with van der Waals surface area (Å²) in [7, 11) is 0. The zero-order chi connectivity index (χ0) is 17.3. The van der Waals surface area contributed by atoms with E-state index < -0.39 is 0 Å². The van der Waals surface area contributed by atoms with Crippen LogP contribution < -0.4 is 5.32 Å². The Balaban J connectivity index is 1.50. The van der Waals surface area contributed by atoms with Crippen molar-refractivity contribution < 1.29 is 0 Å². The molecule has 126 valence electrons. The summed E-state index contributed by atoms with van der Waals surface area (Å²) in [6.45, 7) is 0. The SMILES string of the molecule is c1ccc(-c2cccc3nc(N[C@@H]4CCc5ccccc54)ccc23)cc1. The zero-order valence-corrected chi connectivity index (χ0v) is 14.5. The van der Waals surface area contributed by atoms with Crippen LogP contribution in [0.2, 0.25) is 0 Å². The van der Waals surface area contributed by atoms with E-state index in [1.165, 1.54) is 27.6 Å². The van der Waals surface area contributed by atoms with Gasteiger partial charge in [-0.05, 0) is 53.3 Å². The average Bonchev–Trinajstić information content (AvgIpc) is 3.11. The number of rotatable bonds is 3. The largest absolute Gasteiger partial charge is 0.363 e. The molecule has 1 heterocycles. The lowest BCUT2D eigenvalue weighted by Crippen LogP contribution is -2.08. The van der Waals surface area contributed by atoms with Crippen LogP contribution >= 0.6 is 0 Å². The molecule has 0 amide bonds. The molecule has 1 aromatic heterocycles. The number of aromatic nitrogens is 1. The van der Waals surface area contributed by atoms with Gasteiger partial charge in [0.2, 0.25) is 0 Å². The van der Waals surface area contributed by atoms with Gasteiger partial charge < -0.3 is 5.32 Å². The Morgan fingerprint density at radius 3 is 2.54 bits per heavy atom. The second kappa shape index (κ2) is 6.30. The third-order valence-electron chi connectivity index (χ3n) is 5.27. The van der Waals surface area contributed by atoms with Crippen LogP contribution in [0.15, 0.2) is 84.9 Å². The van der Waals surface area contributed by atoms with Crippen LogP contribution in [0.1, 0.15) is 23.6 Å². The number of hydrogen-bond acceptors (Lipinski definition) is 2. The van der Waals surface area contributed by atoms with Gasteiger partial charge in [0.25, 0.3) is 0 Å². The molecule has 0 bridgehead atoms. The second-order valence-corrected chi connectivity index (χ2v) is 6.87. The maximum atomic E-state index is 4.89. The molecule has 1 aliphatic rings. The molecule has 0 radical (unpaired) electrons. The maximum Gasteiger partial charge on any atom is 0.127 e. The van der Waals surface area contributed by atoms with Crippen LogP contribution in [-0.2, 0) is 6.42 Å². The van der Waals surface area contributed by atoms with Crippen LogP contribution in [-0.4, -0.2) is 4.98 Å². The van der Waals surface area contributed by atoms with E-state index in [2.05, 4.69) is 84.2 Å². The van der Waals surface area contributed by atoms with Crippen molar-refractivity contribution >= 4 is 16.7 Å². The Labute approximate surface area is 153 Å². The lowest BCUT2D eigenvalue weighted by molar-refractivity contribution is 0.758. The Kier molecular flexibility index (Phi) is 3.67. The number of fused-ring (bicyclic) bond motifs is 2. The Morgan fingerprint density at radius 2 is 1.62 bits per heavy atom. The lowest BCUT2D eigenvalue weighted by Gasteiger charge is -2.15. The molecule has 0 saturated heterocycles. The molecule has 1 atom stereocenters. The quantitative estimate of drug-likeness (QED) is 0.496. The van der Waals surface area contributed by atoms with Gasteiger partial charge in [0.1, 0.15) is 5.82 Å². The normalized spacial score (nSPS) is 15.8. The first-order valence-corrected chi connectivity index (χ1v) is 9.18. The van der Waals surface area contributed by atoms with Gasteiger partial charge in [-0.3, -0.25) is 0 Å². The van der Waals surface area contributed by atoms with E-state index in [9.17, 15) is 0 Å². The van der Waals surface area contributed by atoms with E-state index in [0.717, 1.165) is 24.2 Å². The summed E-state index contributed by atoms with van der Waals surface area (Å²) in [5.74, 6) is 0.949. The van der Waals surface area contributed by atoms with E-state index in [4.69, 9.17) is 4.98 Å². The van der Waals surface area contributed by atoms with Crippen LogP contribution in [0.3, 0.4) is 0 Å². The molecule has 2 heteroatoms. The highest BCUT2D eigenvalue weighted by Crippen LogP contribution is 2.34. The van der Waals surface area contributed by atoms with Gasteiger partial charge in [-0.2, -0.15) is 0 Å². The number of anilines is 1. The second-order valence-electron chi connectivity index (χ2n) is 6.87. The van der Waals surface area contributed by atoms with E-state index in [-0.39, 0.29) is 0 Å². The van der Waals surface area contributed by atoms with Crippen molar-refractivity contribution in [2.24, 2.45) is 0 Å². The van der Waals surface area contributed by atoms with Gasteiger partial charge in [0.05, 0.1) is 11.6 Å². The molecule has 0 unspecified atom stereocenters. The molecule has 3 aromatic carbocycles. The molecule has 5 rings (SSSR count). The third-order valence-corrected chi connectivity index (χ3v) is 5.27. The van der Waals surface area contributed by atoms with Crippen LogP contribution in [0.25, 0.3) is 22.0 Å². The molecule has 26 heavy (non-hydrogen) atoms. The van der Waals surface area contributed by atoms with Crippen molar-refractivity contribution in [3.63, 3.8) is 0 Å². The summed E-state index contributed by atoms with van der Waals surface area (Å²) in [6, 6.07) is 30.2. The minimum absolute atomic E-state index is 0.355. The van der Waals surface area contributed by atoms with Crippen molar-refractivity contribution in [1.82, 2.24) is 4.98 Å². The maximum absolute atomic E-state index is 4.89. The molecule has 0 spiro atoms. The fourth-order valence-electron chi connectivity index (χ4n) is 3.99. The summed E-state index contributed by atoms with van der Waals surface area (Å²) in [6.07, 6.45) is 2.27. The van der Waals surface area contributed by atoms with Crippen molar-refractivity contribution in [2.45, 2.75) is 18.9 Å². The van der Waals surface area contributed by atoms with E-state index >= 15 is 0 Å². The fraction of sp³-hybridized carbons (Fsp3) is 0.125. The number of aryl methyl sites for hydroxylation is 1. The van der Waals surface area contributed by atoms with Gasteiger partial charge >= 0.3 is 0 Å². The topological polar surface area (TPSA) is 24.9 Å².